The van der Waals surface area contributed by atoms with Gasteiger partial charge in [0.15, 0.2) is 0 Å². The molecule has 0 unspecified atom stereocenters. The molecule has 108 valence electrons. The molecule has 19 heavy (non-hydrogen) atoms. The van der Waals surface area contributed by atoms with Crippen molar-refractivity contribution in [2.45, 2.75) is 45.1 Å². The van der Waals surface area contributed by atoms with Crippen LogP contribution in [-0.4, -0.2) is 43.2 Å². The summed E-state index contributed by atoms with van der Waals surface area (Å²) in [6.07, 6.45) is 10.2. The van der Waals surface area contributed by atoms with E-state index < -0.39 is 0 Å². The van der Waals surface area contributed by atoms with Gasteiger partial charge < -0.3 is 15.5 Å². The molecule has 2 amide bonds. The van der Waals surface area contributed by atoms with Crippen molar-refractivity contribution in [1.82, 2.24) is 15.5 Å². The van der Waals surface area contributed by atoms with Crippen LogP contribution in [-0.2, 0) is 0 Å². The van der Waals surface area contributed by atoms with Gasteiger partial charge in [0.2, 0.25) is 0 Å². The largest absolute Gasteiger partial charge is 0.338 e. The first kappa shape index (κ1) is 14.4. The van der Waals surface area contributed by atoms with Gasteiger partial charge in [0.05, 0.1) is 0 Å². The second-order valence-electron chi connectivity index (χ2n) is 5.72. The highest BCUT2D eigenvalue weighted by Crippen LogP contribution is 2.15. The molecule has 0 spiro atoms. The van der Waals surface area contributed by atoms with E-state index in [1.807, 2.05) is 0 Å². The maximum Gasteiger partial charge on any atom is 0.315 e. The Morgan fingerprint density at radius 3 is 3.00 bits per heavy atom. The molecule has 0 aromatic carbocycles. The summed E-state index contributed by atoms with van der Waals surface area (Å²) in [5, 5.41) is 6.07. The summed E-state index contributed by atoms with van der Waals surface area (Å²) in [6.45, 7) is 6.47. The van der Waals surface area contributed by atoms with Gasteiger partial charge >= 0.3 is 6.03 Å². The van der Waals surface area contributed by atoms with Crippen molar-refractivity contribution >= 4 is 6.03 Å². The number of hydrogen-bond acceptors (Lipinski definition) is 2. The van der Waals surface area contributed by atoms with Crippen molar-refractivity contribution in [2.24, 2.45) is 5.92 Å². The zero-order chi connectivity index (χ0) is 13.5. The van der Waals surface area contributed by atoms with Crippen LogP contribution >= 0.6 is 0 Å². The first-order valence-corrected chi connectivity index (χ1v) is 7.71. The van der Waals surface area contributed by atoms with Gasteiger partial charge in [-0.2, -0.15) is 0 Å². The summed E-state index contributed by atoms with van der Waals surface area (Å²) in [6, 6.07) is 0.220. The van der Waals surface area contributed by atoms with Crippen LogP contribution in [0.4, 0.5) is 4.79 Å². The Kier molecular flexibility index (Phi) is 5.70. The molecule has 0 saturated carbocycles. The molecule has 2 rings (SSSR count). The first-order chi connectivity index (χ1) is 9.28. The summed E-state index contributed by atoms with van der Waals surface area (Å²) in [5.74, 6) is 0.612. The number of nitrogens with zero attached hydrogens (tertiary/aromatic N) is 1. The van der Waals surface area contributed by atoms with Crippen LogP contribution in [0.5, 0.6) is 0 Å². The third-order valence-electron chi connectivity index (χ3n) is 4.17. The van der Waals surface area contributed by atoms with Gasteiger partial charge in [-0.15, -0.1) is 0 Å². The number of amides is 2. The molecule has 1 saturated heterocycles. The molecule has 0 aromatic rings. The quantitative estimate of drug-likeness (QED) is 0.765. The Hall–Kier alpha value is -1.03. The van der Waals surface area contributed by atoms with E-state index in [0.717, 1.165) is 32.5 Å². The average molecular weight is 265 g/mol. The number of allylic oxidation sites excluding steroid dienone is 1. The minimum atomic E-state index is -0.00910. The molecule has 1 fully saturated rings. The van der Waals surface area contributed by atoms with E-state index in [4.69, 9.17) is 0 Å². The number of rotatable bonds is 4. The van der Waals surface area contributed by atoms with Gasteiger partial charge in [0.25, 0.3) is 0 Å². The highest BCUT2D eigenvalue weighted by molar-refractivity contribution is 5.74. The number of hydrogen-bond donors (Lipinski definition) is 2. The van der Waals surface area contributed by atoms with E-state index in [9.17, 15) is 4.79 Å². The third-order valence-corrected chi connectivity index (χ3v) is 4.17. The number of piperidine rings is 1. The Labute approximate surface area is 116 Å². The number of likely N-dealkylation sites (tertiary alicyclic amines) is 1. The van der Waals surface area contributed by atoms with Crippen molar-refractivity contribution in [3.8, 4) is 0 Å². The smallest absolute Gasteiger partial charge is 0.315 e. The van der Waals surface area contributed by atoms with Crippen molar-refractivity contribution in [3.63, 3.8) is 0 Å². The zero-order valence-electron chi connectivity index (χ0n) is 12.0. The van der Waals surface area contributed by atoms with Crippen LogP contribution in [0, 0.1) is 5.92 Å². The molecule has 1 aliphatic heterocycles. The molecule has 0 radical (unpaired) electrons. The highest BCUT2D eigenvalue weighted by atomic mass is 16.2. The fourth-order valence-corrected chi connectivity index (χ4v) is 2.99. The lowest BCUT2D eigenvalue weighted by Crippen LogP contribution is -2.46. The molecule has 4 heteroatoms. The van der Waals surface area contributed by atoms with Crippen LogP contribution < -0.4 is 10.6 Å². The minimum absolute atomic E-state index is 0.00910. The molecule has 2 aliphatic rings. The normalized spacial score (nSPS) is 28.1. The summed E-state index contributed by atoms with van der Waals surface area (Å²) in [5.41, 5.74) is 0. The number of urea groups is 1. The molecule has 0 aromatic heterocycles. The van der Waals surface area contributed by atoms with Crippen LogP contribution in [0.1, 0.15) is 39.0 Å². The molecule has 4 nitrogen and oxygen atoms in total. The first-order valence-electron chi connectivity index (χ1n) is 7.71. The van der Waals surface area contributed by atoms with Gasteiger partial charge in [0, 0.05) is 19.1 Å². The van der Waals surface area contributed by atoms with Gasteiger partial charge in [-0.1, -0.05) is 19.1 Å². The molecule has 2 atom stereocenters. The molecular weight excluding hydrogens is 238 g/mol. The minimum Gasteiger partial charge on any atom is -0.338 e. The summed E-state index contributed by atoms with van der Waals surface area (Å²) >= 11 is 0. The van der Waals surface area contributed by atoms with Crippen LogP contribution in [0.15, 0.2) is 12.2 Å². The Balaban J connectivity index is 1.65. The van der Waals surface area contributed by atoms with Crippen LogP contribution in [0.2, 0.25) is 0 Å². The molecule has 0 bridgehead atoms. The Morgan fingerprint density at radius 2 is 2.26 bits per heavy atom. The summed E-state index contributed by atoms with van der Waals surface area (Å²) in [7, 11) is 0. The molecular formula is C15H27N3O. The van der Waals surface area contributed by atoms with Gasteiger partial charge in [0.1, 0.15) is 0 Å². The lowest BCUT2D eigenvalue weighted by molar-refractivity contribution is 0.179. The van der Waals surface area contributed by atoms with E-state index >= 15 is 0 Å². The van der Waals surface area contributed by atoms with Crippen molar-refractivity contribution in [2.75, 3.05) is 26.2 Å². The summed E-state index contributed by atoms with van der Waals surface area (Å²) < 4.78 is 0. The van der Waals surface area contributed by atoms with E-state index in [2.05, 4.69) is 34.6 Å². The fourth-order valence-electron chi connectivity index (χ4n) is 2.99. The second kappa shape index (κ2) is 7.53. The van der Waals surface area contributed by atoms with E-state index in [-0.39, 0.29) is 12.1 Å². The lowest BCUT2D eigenvalue weighted by Gasteiger charge is -2.32. The van der Waals surface area contributed by atoms with Gasteiger partial charge in [-0.25, -0.2) is 4.79 Å². The predicted octanol–water partition coefficient (Wildman–Crippen LogP) is 2.13. The standard InChI is InChI=1S/C15H27N3O/c1-2-18-10-6-7-13(12-18)11-16-15(19)17-14-8-4-3-5-9-14/h4,8,13-14H,2-3,5-7,9-12H2,1H3,(H2,16,17,19)/t13-,14-/m0/s1. The number of nitrogens with one attached hydrogen (secondary N) is 2. The van der Waals surface area contributed by atoms with Gasteiger partial charge in [-0.05, 0) is 51.1 Å². The van der Waals surface area contributed by atoms with Crippen molar-refractivity contribution in [3.05, 3.63) is 12.2 Å². The summed E-state index contributed by atoms with van der Waals surface area (Å²) in [4.78, 5) is 14.3. The van der Waals surface area contributed by atoms with E-state index in [0.29, 0.717) is 5.92 Å². The number of carbonyl (C=O) groups is 1. The van der Waals surface area contributed by atoms with Crippen molar-refractivity contribution < 1.29 is 4.79 Å². The zero-order valence-corrected chi connectivity index (χ0v) is 12.0. The third kappa shape index (κ3) is 4.86. The lowest BCUT2D eigenvalue weighted by atomic mass is 9.98. The van der Waals surface area contributed by atoms with Crippen LogP contribution in [0.3, 0.4) is 0 Å². The van der Waals surface area contributed by atoms with E-state index in [1.54, 1.807) is 0 Å². The monoisotopic (exact) mass is 265 g/mol. The fraction of sp³-hybridized carbons (Fsp3) is 0.800. The average Bonchev–Trinajstić information content (AvgIpc) is 2.46. The maximum absolute atomic E-state index is 11.8. The van der Waals surface area contributed by atoms with Crippen molar-refractivity contribution in [1.29, 1.82) is 0 Å². The van der Waals surface area contributed by atoms with E-state index in [1.165, 1.54) is 25.8 Å². The maximum atomic E-state index is 11.8. The predicted molar refractivity (Wildman–Crippen MR) is 78.2 cm³/mol. The Bertz CT molecular complexity index is 317. The molecule has 1 heterocycles. The SMILES string of the molecule is CCN1CCC[C@@H](CNC(=O)N[C@H]2C=CCCC2)C1. The number of carbonyl (C=O) groups excluding carboxylic acids is 1. The molecule has 1 aliphatic carbocycles. The highest BCUT2D eigenvalue weighted by Gasteiger charge is 2.19. The van der Waals surface area contributed by atoms with Gasteiger partial charge in [-0.3, -0.25) is 0 Å². The second-order valence-corrected chi connectivity index (χ2v) is 5.72. The molecule has 2 N–H and O–H groups in total. The topological polar surface area (TPSA) is 44.4 Å². The Morgan fingerprint density at radius 1 is 1.37 bits per heavy atom. The van der Waals surface area contributed by atoms with Crippen LogP contribution in [0.25, 0.3) is 0 Å².